The zero-order chi connectivity index (χ0) is 22.0. The number of amides is 4. The van der Waals surface area contributed by atoms with Crippen LogP contribution < -0.4 is 10.6 Å². The van der Waals surface area contributed by atoms with Crippen molar-refractivity contribution >= 4 is 39.5 Å². The maximum absolute atomic E-state index is 13.1. The lowest BCUT2D eigenvalue weighted by molar-refractivity contribution is -0.133. The largest absolute Gasteiger partial charge is 0.325 e. The van der Waals surface area contributed by atoms with Crippen molar-refractivity contribution in [1.29, 1.82) is 0 Å². The van der Waals surface area contributed by atoms with Crippen LogP contribution in [0.25, 0.3) is 11.1 Å². The number of hydrogen-bond acceptors (Lipinski definition) is 3. The molecule has 0 aliphatic carbocycles. The number of anilines is 1. The van der Waals surface area contributed by atoms with Crippen LogP contribution in [-0.2, 0) is 15.1 Å². The van der Waals surface area contributed by atoms with E-state index in [9.17, 15) is 14.4 Å². The quantitative estimate of drug-likeness (QED) is 0.530. The summed E-state index contributed by atoms with van der Waals surface area (Å²) in [4.78, 5) is 39.3. The van der Waals surface area contributed by atoms with E-state index in [2.05, 4.69) is 26.6 Å². The molecular formula is C24H20BrN3O3. The highest BCUT2D eigenvalue weighted by Gasteiger charge is 2.49. The molecule has 1 aliphatic heterocycles. The van der Waals surface area contributed by atoms with Crippen molar-refractivity contribution in [2.24, 2.45) is 0 Å². The average Bonchev–Trinajstić information content (AvgIpc) is 2.99. The predicted molar refractivity (Wildman–Crippen MR) is 122 cm³/mol. The van der Waals surface area contributed by atoms with Gasteiger partial charge in [-0.3, -0.25) is 14.5 Å². The number of halogens is 1. The van der Waals surface area contributed by atoms with Crippen LogP contribution in [-0.4, -0.2) is 29.3 Å². The Morgan fingerprint density at radius 1 is 0.968 bits per heavy atom. The third-order valence-corrected chi connectivity index (χ3v) is 5.81. The number of imide groups is 1. The zero-order valence-corrected chi connectivity index (χ0v) is 18.3. The molecule has 0 unspecified atom stereocenters. The third-order valence-electron chi connectivity index (χ3n) is 5.28. The number of nitrogens with one attached hydrogen (secondary N) is 2. The number of nitrogens with zero attached hydrogens (tertiary/aromatic N) is 1. The molecule has 3 aromatic rings. The maximum Gasteiger partial charge on any atom is 0.325 e. The fourth-order valence-electron chi connectivity index (χ4n) is 3.61. The molecule has 1 fully saturated rings. The van der Waals surface area contributed by atoms with Gasteiger partial charge in [-0.2, -0.15) is 0 Å². The Kier molecular flexibility index (Phi) is 5.61. The van der Waals surface area contributed by atoms with E-state index in [4.69, 9.17) is 0 Å². The van der Waals surface area contributed by atoms with Crippen molar-refractivity contribution in [2.45, 2.75) is 12.5 Å². The topological polar surface area (TPSA) is 78.5 Å². The molecule has 2 N–H and O–H groups in total. The van der Waals surface area contributed by atoms with Crippen LogP contribution in [0.5, 0.6) is 0 Å². The SMILES string of the molecule is C[C@@]1(c2ccc(Br)cc2)NC(=O)N(CC(=O)Nc2ccccc2-c2ccccc2)C1=O. The minimum absolute atomic E-state index is 0.375. The highest BCUT2D eigenvalue weighted by Crippen LogP contribution is 2.30. The van der Waals surface area contributed by atoms with Gasteiger partial charge in [0.05, 0.1) is 0 Å². The Morgan fingerprint density at radius 3 is 2.32 bits per heavy atom. The number of rotatable bonds is 5. The standard InChI is InChI=1S/C24H20BrN3O3/c1-24(17-11-13-18(25)14-12-17)22(30)28(23(31)27-24)15-21(29)26-20-10-6-5-9-19(20)16-7-3-2-4-8-16/h2-14H,15H2,1H3,(H,26,29)(H,27,31)/t24-/m0/s1. The summed E-state index contributed by atoms with van der Waals surface area (Å²) in [7, 11) is 0. The lowest BCUT2D eigenvalue weighted by atomic mass is 9.92. The Labute approximate surface area is 188 Å². The molecule has 0 aromatic heterocycles. The van der Waals surface area contributed by atoms with Gasteiger partial charge in [-0.05, 0) is 36.2 Å². The van der Waals surface area contributed by atoms with Crippen molar-refractivity contribution in [2.75, 3.05) is 11.9 Å². The zero-order valence-electron chi connectivity index (χ0n) is 16.8. The fraction of sp³-hybridized carbons (Fsp3) is 0.125. The van der Waals surface area contributed by atoms with Crippen LogP contribution in [0.1, 0.15) is 12.5 Å². The van der Waals surface area contributed by atoms with Crippen molar-refractivity contribution in [1.82, 2.24) is 10.2 Å². The highest BCUT2D eigenvalue weighted by molar-refractivity contribution is 9.10. The first-order chi connectivity index (χ1) is 14.9. The van der Waals surface area contributed by atoms with Gasteiger partial charge in [0, 0.05) is 15.7 Å². The molecule has 7 heteroatoms. The summed E-state index contributed by atoms with van der Waals surface area (Å²) in [5.41, 5.74) is 1.84. The minimum Gasteiger partial charge on any atom is -0.324 e. The summed E-state index contributed by atoms with van der Waals surface area (Å²) in [5, 5.41) is 5.55. The lowest BCUT2D eigenvalue weighted by Gasteiger charge is -2.22. The smallest absolute Gasteiger partial charge is 0.324 e. The van der Waals surface area contributed by atoms with Crippen LogP contribution in [0.2, 0.25) is 0 Å². The Morgan fingerprint density at radius 2 is 1.61 bits per heavy atom. The van der Waals surface area contributed by atoms with Gasteiger partial charge in [-0.25, -0.2) is 4.79 Å². The van der Waals surface area contributed by atoms with Crippen molar-refractivity contribution in [3.8, 4) is 11.1 Å². The van der Waals surface area contributed by atoms with Crippen LogP contribution in [0.15, 0.2) is 83.3 Å². The highest BCUT2D eigenvalue weighted by atomic mass is 79.9. The van der Waals surface area contributed by atoms with Crippen LogP contribution in [0.3, 0.4) is 0 Å². The first-order valence-corrected chi connectivity index (χ1v) is 10.5. The second-order valence-electron chi connectivity index (χ2n) is 7.41. The van der Waals surface area contributed by atoms with Crippen LogP contribution in [0.4, 0.5) is 10.5 Å². The molecule has 1 atom stereocenters. The second-order valence-corrected chi connectivity index (χ2v) is 8.33. The predicted octanol–water partition coefficient (Wildman–Crippen LogP) is 4.52. The summed E-state index contributed by atoms with van der Waals surface area (Å²) in [6, 6.07) is 23.6. The molecule has 1 saturated heterocycles. The van der Waals surface area contributed by atoms with E-state index in [1.165, 1.54) is 0 Å². The number of hydrogen-bond donors (Lipinski definition) is 2. The summed E-state index contributed by atoms with van der Waals surface area (Å²) in [6.07, 6.45) is 0. The maximum atomic E-state index is 13.1. The summed E-state index contributed by atoms with van der Waals surface area (Å²) < 4.78 is 0.866. The third kappa shape index (κ3) is 4.09. The molecule has 4 rings (SSSR count). The van der Waals surface area contributed by atoms with Crippen molar-refractivity contribution in [3.05, 3.63) is 88.9 Å². The van der Waals surface area contributed by atoms with Crippen molar-refractivity contribution < 1.29 is 14.4 Å². The van der Waals surface area contributed by atoms with Gasteiger partial charge < -0.3 is 10.6 Å². The average molecular weight is 478 g/mol. The van der Waals surface area contributed by atoms with E-state index in [1.807, 2.05) is 48.5 Å². The van der Waals surface area contributed by atoms with Gasteiger partial charge >= 0.3 is 6.03 Å². The molecule has 6 nitrogen and oxygen atoms in total. The molecule has 0 spiro atoms. The second kappa shape index (κ2) is 8.35. The van der Waals surface area contributed by atoms with E-state index in [1.54, 1.807) is 37.3 Å². The van der Waals surface area contributed by atoms with E-state index in [0.29, 0.717) is 11.3 Å². The molecule has 3 aromatic carbocycles. The van der Waals surface area contributed by atoms with Gasteiger partial charge in [0.1, 0.15) is 12.1 Å². The van der Waals surface area contributed by atoms with Gasteiger partial charge in [-0.1, -0.05) is 76.6 Å². The van der Waals surface area contributed by atoms with Crippen molar-refractivity contribution in [3.63, 3.8) is 0 Å². The van der Waals surface area contributed by atoms with Gasteiger partial charge in [-0.15, -0.1) is 0 Å². The van der Waals surface area contributed by atoms with E-state index in [0.717, 1.165) is 20.5 Å². The van der Waals surface area contributed by atoms with Gasteiger partial charge in [0.15, 0.2) is 0 Å². The minimum atomic E-state index is -1.22. The number of benzene rings is 3. The summed E-state index contributed by atoms with van der Waals surface area (Å²) in [6.45, 7) is 1.26. The number of urea groups is 1. The molecule has 31 heavy (non-hydrogen) atoms. The molecule has 1 heterocycles. The molecule has 0 radical (unpaired) electrons. The van der Waals surface area contributed by atoms with Gasteiger partial charge in [0.25, 0.3) is 5.91 Å². The fourth-order valence-corrected chi connectivity index (χ4v) is 3.88. The molecule has 0 saturated carbocycles. The normalized spacial score (nSPS) is 18.1. The summed E-state index contributed by atoms with van der Waals surface area (Å²) >= 11 is 3.36. The first-order valence-electron chi connectivity index (χ1n) is 9.73. The van der Waals surface area contributed by atoms with E-state index in [-0.39, 0.29) is 6.54 Å². The van der Waals surface area contributed by atoms with Gasteiger partial charge in [0.2, 0.25) is 5.91 Å². The number of carbonyl (C=O) groups excluding carboxylic acids is 3. The van der Waals surface area contributed by atoms with E-state index >= 15 is 0 Å². The van der Waals surface area contributed by atoms with Crippen LogP contribution >= 0.6 is 15.9 Å². The Balaban J connectivity index is 1.52. The molecule has 156 valence electrons. The first kappa shape index (κ1) is 20.8. The lowest BCUT2D eigenvalue weighted by Crippen LogP contribution is -2.42. The Hall–Kier alpha value is -3.45. The molecular weight excluding hydrogens is 458 g/mol. The number of para-hydroxylation sites is 1. The van der Waals surface area contributed by atoms with E-state index < -0.39 is 23.4 Å². The number of carbonyl (C=O) groups is 3. The van der Waals surface area contributed by atoms with Crippen LogP contribution in [0, 0.1) is 0 Å². The summed E-state index contributed by atoms with van der Waals surface area (Å²) in [5.74, 6) is -0.918. The molecule has 1 aliphatic rings. The molecule has 0 bridgehead atoms. The monoisotopic (exact) mass is 477 g/mol. The Bertz CT molecular complexity index is 1150. The molecule has 4 amide bonds.